The Balaban J connectivity index is 6.39. The molecule has 0 amide bonds. The van der Waals surface area contributed by atoms with Crippen molar-refractivity contribution in [2.24, 2.45) is 0 Å². The van der Waals surface area contributed by atoms with Gasteiger partial charge in [-0.05, 0) is 0 Å². The highest BCUT2D eigenvalue weighted by Gasteiger charge is 2.93. The van der Waals surface area contributed by atoms with E-state index in [2.05, 4.69) is 10.7 Å². The van der Waals surface area contributed by atoms with Gasteiger partial charge in [0, 0.05) is 17.1 Å². The van der Waals surface area contributed by atoms with Crippen molar-refractivity contribution in [2.75, 3.05) is 5.75 Å². The first-order valence-corrected chi connectivity index (χ1v) is 8.44. The Bertz CT molecular complexity index is 680. The van der Waals surface area contributed by atoms with Crippen LogP contribution < -0.4 is 0 Å². The van der Waals surface area contributed by atoms with Gasteiger partial charge in [0.25, 0.3) is 0 Å². The van der Waals surface area contributed by atoms with Crippen LogP contribution in [0.5, 0.6) is 0 Å². The first kappa shape index (κ1) is 27.2. The lowest BCUT2D eigenvalue weighted by Gasteiger charge is -2.41. The fourth-order valence-electron chi connectivity index (χ4n) is 1.41. The first-order chi connectivity index (χ1) is 11.7. The second-order valence-corrected chi connectivity index (χ2v) is 7.96. The number of hydrogen-bond acceptors (Lipinski definition) is 2. The number of rotatable bonds is 8. The molecule has 0 fully saturated rings. The zero-order valence-corrected chi connectivity index (χ0v) is 13.8. The molecule has 170 valence electrons. The van der Waals surface area contributed by atoms with E-state index in [0.717, 1.165) is 0 Å². The van der Waals surface area contributed by atoms with Gasteiger partial charge in [-0.3, -0.25) is 0 Å². The van der Waals surface area contributed by atoms with Crippen LogP contribution in [-0.2, 0) is 9.05 Å². The fourth-order valence-corrected chi connectivity index (χ4v) is 2.14. The third-order valence-corrected chi connectivity index (χ3v) is 4.21. The summed E-state index contributed by atoms with van der Waals surface area (Å²) in [6.07, 6.45) is -10.7. The number of hydrogen-bond donors (Lipinski definition) is 0. The average molecular weight is 497 g/mol. The molecular weight excluding hydrogens is 493 g/mol. The van der Waals surface area contributed by atoms with Gasteiger partial charge in [-0.1, -0.05) is 0 Å². The summed E-state index contributed by atoms with van der Waals surface area (Å²) in [5, 5.41) is 0. The van der Waals surface area contributed by atoms with Crippen molar-refractivity contribution in [3.63, 3.8) is 0 Å². The molecule has 0 unspecified atom stereocenters. The van der Waals surface area contributed by atoms with E-state index in [4.69, 9.17) is 0 Å². The second kappa shape index (κ2) is 6.87. The summed E-state index contributed by atoms with van der Waals surface area (Å²) in [5.74, 6) is -49.7. The summed E-state index contributed by atoms with van der Waals surface area (Å²) in [4.78, 5) is 0. The Morgan fingerprint density at radius 1 is 0.536 bits per heavy atom. The van der Waals surface area contributed by atoms with Gasteiger partial charge in [0.15, 0.2) is 0 Å². The molecule has 0 spiro atoms. The van der Waals surface area contributed by atoms with E-state index in [0.29, 0.717) is 0 Å². The molecule has 0 saturated carbocycles. The third-order valence-electron chi connectivity index (χ3n) is 3.05. The third kappa shape index (κ3) is 4.07. The van der Waals surface area contributed by atoms with Crippen molar-refractivity contribution in [1.82, 2.24) is 0 Å². The zero-order chi connectivity index (χ0) is 23.4. The topological polar surface area (TPSA) is 34.1 Å². The molecule has 0 aromatic heterocycles. The molecular formula is C9H4ClF15O2S. The molecule has 0 N–H and O–H groups in total. The maximum atomic E-state index is 13.2. The molecule has 0 radical (unpaired) electrons. The summed E-state index contributed by atoms with van der Waals surface area (Å²) in [5.41, 5.74) is 0. The standard InChI is InChI=1S/C9H4ClF15O2S/c10-28(26,27)2-1-3(11,12)4(13,14)5(15,16)6(17,18)7(19,20)8(21,22)9(23,24)25/h1-2H2. The van der Waals surface area contributed by atoms with E-state index in [1.807, 2.05) is 0 Å². The van der Waals surface area contributed by atoms with Gasteiger partial charge in [-0.15, -0.1) is 0 Å². The van der Waals surface area contributed by atoms with Crippen LogP contribution in [0, 0.1) is 0 Å². The highest BCUT2D eigenvalue weighted by atomic mass is 35.7. The van der Waals surface area contributed by atoms with Gasteiger partial charge >= 0.3 is 41.7 Å². The van der Waals surface area contributed by atoms with Crippen molar-refractivity contribution in [3.05, 3.63) is 0 Å². The van der Waals surface area contributed by atoms with Crippen molar-refractivity contribution in [2.45, 2.75) is 48.1 Å². The van der Waals surface area contributed by atoms with E-state index in [-0.39, 0.29) is 0 Å². The Hall–Kier alpha value is -0.810. The average Bonchev–Trinajstić information content (AvgIpc) is 2.42. The van der Waals surface area contributed by atoms with Crippen LogP contribution in [-0.4, -0.2) is 55.9 Å². The summed E-state index contributed by atoms with van der Waals surface area (Å²) in [6.45, 7) is 0. The molecule has 2 nitrogen and oxygen atoms in total. The second-order valence-electron chi connectivity index (χ2n) is 5.07. The fraction of sp³-hybridized carbons (Fsp3) is 1.00. The van der Waals surface area contributed by atoms with Gasteiger partial charge in [-0.2, -0.15) is 65.9 Å². The van der Waals surface area contributed by atoms with Crippen LogP contribution in [0.3, 0.4) is 0 Å². The summed E-state index contributed by atoms with van der Waals surface area (Å²) < 4.78 is 212. The van der Waals surface area contributed by atoms with Crippen LogP contribution in [0.2, 0.25) is 0 Å². The smallest absolute Gasteiger partial charge is 0.212 e. The first-order valence-electron chi connectivity index (χ1n) is 5.96. The molecule has 0 rings (SSSR count). The molecule has 28 heavy (non-hydrogen) atoms. The number of halogens is 16. The minimum atomic E-state index is -8.40. The van der Waals surface area contributed by atoms with E-state index < -0.39 is 62.9 Å². The highest BCUT2D eigenvalue weighted by Crippen LogP contribution is 2.62. The molecule has 0 aliphatic carbocycles. The molecule has 0 atom stereocenters. The molecule has 0 aliphatic rings. The Morgan fingerprint density at radius 2 is 0.821 bits per heavy atom. The van der Waals surface area contributed by atoms with E-state index in [9.17, 15) is 74.3 Å². The van der Waals surface area contributed by atoms with Crippen molar-refractivity contribution in [3.8, 4) is 0 Å². The summed E-state index contributed by atoms with van der Waals surface area (Å²) in [7, 11) is -0.870. The monoisotopic (exact) mass is 496 g/mol. The van der Waals surface area contributed by atoms with Crippen LogP contribution in [0.1, 0.15) is 6.42 Å². The molecule has 0 aliphatic heterocycles. The van der Waals surface area contributed by atoms with Crippen LogP contribution in [0.25, 0.3) is 0 Å². The quantitative estimate of drug-likeness (QED) is 0.337. The van der Waals surface area contributed by atoms with E-state index in [1.165, 1.54) is 0 Å². The van der Waals surface area contributed by atoms with Crippen LogP contribution >= 0.6 is 10.7 Å². The van der Waals surface area contributed by atoms with E-state index in [1.54, 1.807) is 0 Å². The Labute approximate surface area is 149 Å². The lowest BCUT2D eigenvalue weighted by Crippen LogP contribution is -2.72. The number of alkyl halides is 15. The van der Waals surface area contributed by atoms with Crippen molar-refractivity contribution in [1.29, 1.82) is 0 Å². The Morgan fingerprint density at radius 3 is 1.11 bits per heavy atom. The highest BCUT2D eigenvalue weighted by molar-refractivity contribution is 8.13. The lowest BCUT2D eigenvalue weighted by molar-refractivity contribution is -0.452. The molecule has 0 saturated heterocycles. The van der Waals surface area contributed by atoms with Crippen LogP contribution in [0.4, 0.5) is 65.9 Å². The molecule has 0 bridgehead atoms. The van der Waals surface area contributed by atoms with Crippen molar-refractivity contribution < 1.29 is 74.3 Å². The predicted molar refractivity (Wildman–Crippen MR) is 60.0 cm³/mol. The minimum absolute atomic E-state index is 2.31. The summed E-state index contributed by atoms with van der Waals surface area (Å²) in [6, 6.07) is 0. The van der Waals surface area contributed by atoms with Gasteiger partial charge in [0.1, 0.15) is 0 Å². The zero-order valence-electron chi connectivity index (χ0n) is 12.2. The van der Waals surface area contributed by atoms with Gasteiger partial charge in [0.05, 0.1) is 5.75 Å². The van der Waals surface area contributed by atoms with Gasteiger partial charge in [-0.25, -0.2) is 8.42 Å². The van der Waals surface area contributed by atoms with Gasteiger partial charge < -0.3 is 0 Å². The minimum Gasteiger partial charge on any atom is -0.212 e. The summed E-state index contributed by atoms with van der Waals surface area (Å²) >= 11 is 0. The molecule has 0 aromatic rings. The van der Waals surface area contributed by atoms with Gasteiger partial charge in [0.2, 0.25) is 9.05 Å². The van der Waals surface area contributed by atoms with Crippen LogP contribution in [0.15, 0.2) is 0 Å². The van der Waals surface area contributed by atoms with E-state index >= 15 is 0 Å². The largest absolute Gasteiger partial charge is 0.460 e. The maximum Gasteiger partial charge on any atom is 0.460 e. The SMILES string of the molecule is O=S(=O)(Cl)CCC(F)(F)C(F)(F)C(F)(F)C(F)(F)C(F)(F)C(F)(F)C(F)(F)F. The lowest BCUT2D eigenvalue weighted by atomic mass is 9.90. The molecule has 19 heteroatoms. The Kier molecular flexibility index (Phi) is 6.67. The normalized spacial score (nSPS) is 16.4. The molecule has 0 heterocycles. The maximum absolute atomic E-state index is 13.2. The molecule has 0 aromatic carbocycles. The predicted octanol–water partition coefficient (Wildman–Crippen LogP) is 5.32. The van der Waals surface area contributed by atoms with Crippen molar-refractivity contribution >= 4 is 19.7 Å².